The molecule has 3 rings (SSSR count). The lowest BCUT2D eigenvalue weighted by molar-refractivity contribution is 0.0950. The second kappa shape index (κ2) is 9.64. The lowest BCUT2D eigenvalue weighted by Gasteiger charge is -2.13. The van der Waals surface area contributed by atoms with E-state index in [4.69, 9.17) is 14.2 Å². The van der Waals surface area contributed by atoms with Crippen LogP contribution >= 0.6 is 0 Å². The van der Waals surface area contributed by atoms with Crippen LogP contribution in [0.5, 0.6) is 17.2 Å². The Kier molecular flexibility index (Phi) is 6.74. The van der Waals surface area contributed by atoms with Crippen LogP contribution in [-0.2, 0) is 13.2 Å². The van der Waals surface area contributed by atoms with Gasteiger partial charge < -0.3 is 19.5 Å². The third-order valence-corrected chi connectivity index (χ3v) is 4.59. The van der Waals surface area contributed by atoms with E-state index < -0.39 is 0 Å². The molecule has 0 atom stereocenters. The van der Waals surface area contributed by atoms with Crippen LogP contribution in [0.3, 0.4) is 0 Å². The minimum Gasteiger partial charge on any atom is -0.496 e. The molecule has 29 heavy (non-hydrogen) atoms. The van der Waals surface area contributed by atoms with Crippen LogP contribution in [0.15, 0.2) is 66.7 Å². The van der Waals surface area contributed by atoms with E-state index in [1.807, 2.05) is 61.5 Å². The minimum atomic E-state index is -0.160. The molecule has 0 spiro atoms. The highest BCUT2D eigenvalue weighted by molar-refractivity contribution is 5.94. The van der Waals surface area contributed by atoms with Gasteiger partial charge in [0.2, 0.25) is 0 Å². The van der Waals surface area contributed by atoms with Crippen molar-refractivity contribution in [3.05, 3.63) is 89.0 Å². The number of aryl methyl sites for hydroxylation is 1. The highest BCUT2D eigenvalue weighted by Crippen LogP contribution is 2.29. The molecule has 0 aromatic heterocycles. The topological polar surface area (TPSA) is 56.8 Å². The SMILES string of the molecule is COc1cc(C(=O)NCc2ccc(OCc3ccccc3)c(OC)c2)ccc1C. The summed E-state index contributed by atoms with van der Waals surface area (Å²) in [6.45, 7) is 2.78. The number of methoxy groups -OCH3 is 2. The van der Waals surface area contributed by atoms with Gasteiger partial charge >= 0.3 is 0 Å². The molecule has 0 aliphatic rings. The second-order valence-electron chi connectivity index (χ2n) is 6.63. The van der Waals surface area contributed by atoms with Crippen molar-refractivity contribution in [3.63, 3.8) is 0 Å². The molecule has 0 radical (unpaired) electrons. The summed E-state index contributed by atoms with van der Waals surface area (Å²) in [4.78, 5) is 12.5. The first-order valence-corrected chi connectivity index (χ1v) is 9.37. The fourth-order valence-electron chi connectivity index (χ4n) is 2.92. The average Bonchev–Trinajstić information content (AvgIpc) is 2.77. The van der Waals surface area contributed by atoms with E-state index in [2.05, 4.69) is 5.32 Å². The number of ether oxygens (including phenoxy) is 3. The molecule has 1 N–H and O–H groups in total. The molecule has 0 saturated carbocycles. The zero-order valence-corrected chi connectivity index (χ0v) is 16.9. The van der Waals surface area contributed by atoms with Crippen molar-refractivity contribution in [1.82, 2.24) is 5.32 Å². The Hall–Kier alpha value is -3.47. The van der Waals surface area contributed by atoms with Crippen molar-refractivity contribution in [2.45, 2.75) is 20.1 Å². The van der Waals surface area contributed by atoms with Gasteiger partial charge in [-0.2, -0.15) is 0 Å². The largest absolute Gasteiger partial charge is 0.496 e. The molecule has 0 aliphatic carbocycles. The molecular weight excluding hydrogens is 366 g/mol. The predicted molar refractivity (Wildman–Crippen MR) is 113 cm³/mol. The third kappa shape index (κ3) is 5.29. The molecule has 5 heteroatoms. The summed E-state index contributed by atoms with van der Waals surface area (Å²) >= 11 is 0. The highest BCUT2D eigenvalue weighted by atomic mass is 16.5. The molecule has 5 nitrogen and oxygen atoms in total. The summed E-state index contributed by atoms with van der Waals surface area (Å²) in [5, 5.41) is 2.92. The maximum Gasteiger partial charge on any atom is 0.251 e. The summed E-state index contributed by atoms with van der Waals surface area (Å²) < 4.78 is 16.6. The Morgan fingerprint density at radius 2 is 1.59 bits per heavy atom. The molecule has 150 valence electrons. The Balaban J connectivity index is 1.63. The standard InChI is InChI=1S/C24H25NO4/c1-17-9-11-20(14-22(17)27-2)24(26)25-15-19-10-12-21(23(13-19)28-3)29-16-18-7-5-4-6-8-18/h4-14H,15-16H2,1-3H3,(H,25,26). The lowest BCUT2D eigenvalue weighted by atomic mass is 10.1. The van der Waals surface area contributed by atoms with Crippen LogP contribution in [0.1, 0.15) is 27.0 Å². The molecule has 0 aliphatic heterocycles. The van der Waals surface area contributed by atoms with E-state index in [1.54, 1.807) is 26.4 Å². The number of hydrogen-bond acceptors (Lipinski definition) is 4. The van der Waals surface area contributed by atoms with E-state index in [-0.39, 0.29) is 5.91 Å². The predicted octanol–water partition coefficient (Wildman–Crippen LogP) is 4.52. The van der Waals surface area contributed by atoms with Gasteiger partial charge in [-0.15, -0.1) is 0 Å². The zero-order valence-electron chi connectivity index (χ0n) is 16.9. The number of carbonyl (C=O) groups excluding carboxylic acids is 1. The summed E-state index contributed by atoms with van der Waals surface area (Å²) in [6, 6.07) is 21.0. The van der Waals surface area contributed by atoms with Crippen LogP contribution in [0.25, 0.3) is 0 Å². The van der Waals surface area contributed by atoms with Crippen molar-refractivity contribution in [1.29, 1.82) is 0 Å². The van der Waals surface area contributed by atoms with Gasteiger partial charge in [0, 0.05) is 12.1 Å². The Morgan fingerprint density at radius 1 is 0.828 bits per heavy atom. The lowest BCUT2D eigenvalue weighted by Crippen LogP contribution is -2.22. The monoisotopic (exact) mass is 391 g/mol. The quantitative estimate of drug-likeness (QED) is 0.613. The Labute approximate surface area is 171 Å². The van der Waals surface area contributed by atoms with Crippen molar-refractivity contribution in [3.8, 4) is 17.2 Å². The van der Waals surface area contributed by atoms with Crippen LogP contribution in [-0.4, -0.2) is 20.1 Å². The zero-order chi connectivity index (χ0) is 20.6. The summed E-state index contributed by atoms with van der Waals surface area (Å²) in [6.07, 6.45) is 0. The van der Waals surface area contributed by atoms with Gasteiger partial charge in [-0.3, -0.25) is 4.79 Å². The molecule has 3 aromatic rings. The van der Waals surface area contributed by atoms with Crippen molar-refractivity contribution < 1.29 is 19.0 Å². The van der Waals surface area contributed by atoms with Gasteiger partial charge in [0.15, 0.2) is 11.5 Å². The van der Waals surface area contributed by atoms with Crippen LogP contribution < -0.4 is 19.5 Å². The Bertz CT molecular complexity index is 970. The van der Waals surface area contributed by atoms with Gasteiger partial charge in [-0.05, 0) is 47.9 Å². The summed E-state index contributed by atoms with van der Waals surface area (Å²) in [7, 11) is 3.20. The fraction of sp³-hybridized carbons (Fsp3) is 0.208. The van der Waals surface area contributed by atoms with Crippen molar-refractivity contribution >= 4 is 5.91 Å². The first-order chi connectivity index (χ1) is 14.1. The van der Waals surface area contributed by atoms with E-state index in [1.165, 1.54) is 0 Å². The van der Waals surface area contributed by atoms with Gasteiger partial charge in [0.25, 0.3) is 5.91 Å². The first kappa shape index (κ1) is 20.3. The molecule has 0 fully saturated rings. The smallest absolute Gasteiger partial charge is 0.251 e. The third-order valence-electron chi connectivity index (χ3n) is 4.59. The van der Waals surface area contributed by atoms with Gasteiger partial charge in [-0.25, -0.2) is 0 Å². The number of rotatable bonds is 8. The van der Waals surface area contributed by atoms with Gasteiger partial charge in [0.05, 0.1) is 14.2 Å². The molecule has 0 saturated heterocycles. The number of hydrogen-bond donors (Lipinski definition) is 1. The fourth-order valence-corrected chi connectivity index (χ4v) is 2.92. The number of benzene rings is 3. The maximum absolute atomic E-state index is 12.5. The molecular formula is C24H25NO4. The number of amides is 1. The van der Waals surface area contributed by atoms with Crippen LogP contribution in [0, 0.1) is 6.92 Å². The normalized spacial score (nSPS) is 10.3. The summed E-state index contributed by atoms with van der Waals surface area (Å²) in [5.41, 5.74) is 3.54. The first-order valence-electron chi connectivity index (χ1n) is 9.37. The maximum atomic E-state index is 12.5. The number of nitrogens with one attached hydrogen (secondary N) is 1. The summed E-state index contributed by atoms with van der Waals surface area (Å²) in [5.74, 6) is 1.82. The molecule has 1 amide bonds. The van der Waals surface area contributed by atoms with Gasteiger partial charge in [-0.1, -0.05) is 42.5 Å². The molecule has 0 bridgehead atoms. The van der Waals surface area contributed by atoms with E-state index >= 15 is 0 Å². The van der Waals surface area contributed by atoms with Gasteiger partial charge in [0.1, 0.15) is 12.4 Å². The minimum absolute atomic E-state index is 0.160. The van der Waals surface area contributed by atoms with E-state index in [0.717, 1.165) is 16.7 Å². The number of carbonyl (C=O) groups is 1. The van der Waals surface area contributed by atoms with Crippen LogP contribution in [0.2, 0.25) is 0 Å². The van der Waals surface area contributed by atoms with Crippen LogP contribution in [0.4, 0.5) is 0 Å². The van der Waals surface area contributed by atoms with E-state index in [0.29, 0.717) is 36.0 Å². The van der Waals surface area contributed by atoms with Crippen molar-refractivity contribution in [2.75, 3.05) is 14.2 Å². The highest BCUT2D eigenvalue weighted by Gasteiger charge is 2.10. The van der Waals surface area contributed by atoms with E-state index in [9.17, 15) is 4.79 Å². The second-order valence-corrected chi connectivity index (χ2v) is 6.63. The Morgan fingerprint density at radius 3 is 2.31 bits per heavy atom. The average molecular weight is 391 g/mol. The molecule has 3 aromatic carbocycles. The van der Waals surface area contributed by atoms with Crippen molar-refractivity contribution in [2.24, 2.45) is 0 Å². The molecule has 0 unspecified atom stereocenters. The molecule has 0 heterocycles.